The smallest absolute Gasteiger partial charge is 0.225 e. The Balaban J connectivity index is 1.71. The number of carbonyl (C=O) groups excluding carboxylic acids is 1. The van der Waals surface area contributed by atoms with Crippen molar-refractivity contribution in [2.45, 2.75) is 65.3 Å². The number of amides is 1. The van der Waals surface area contributed by atoms with Gasteiger partial charge in [-0.15, -0.1) is 0 Å². The van der Waals surface area contributed by atoms with Gasteiger partial charge < -0.3 is 4.90 Å². The second-order valence-electron chi connectivity index (χ2n) is 6.57. The van der Waals surface area contributed by atoms with Crippen LogP contribution in [0.2, 0.25) is 0 Å². The van der Waals surface area contributed by atoms with Crippen molar-refractivity contribution in [3.05, 3.63) is 12.2 Å². The number of carbonyl (C=O) groups is 1. The molecule has 0 aromatic rings. The fourth-order valence-corrected chi connectivity index (χ4v) is 2.85. The quantitative estimate of drug-likeness (QED) is 0.606. The van der Waals surface area contributed by atoms with Gasteiger partial charge in [0.05, 0.1) is 0 Å². The van der Waals surface area contributed by atoms with E-state index in [4.69, 9.17) is 0 Å². The lowest BCUT2D eigenvalue weighted by Gasteiger charge is -2.27. The minimum absolute atomic E-state index is 0.368. The normalized spacial score (nSPS) is 26.1. The summed E-state index contributed by atoms with van der Waals surface area (Å²) in [6.07, 6.45) is 11.8. The molecule has 2 aliphatic rings. The molecule has 0 N–H and O–H groups in total. The number of rotatable bonds is 8. The van der Waals surface area contributed by atoms with Gasteiger partial charge in [0.25, 0.3) is 0 Å². The number of nitrogens with zero attached hydrogens (tertiary/aromatic N) is 1. The van der Waals surface area contributed by atoms with E-state index in [1.54, 1.807) is 0 Å². The van der Waals surface area contributed by atoms with Crippen molar-refractivity contribution >= 4 is 5.91 Å². The predicted molar refractivity (Wildman–Crippen MR) is 79.8 cm³/mol. The summed E-state index contributed by atoms with van der Waals surface area (Å²) in [7, 11) is 0. The van der Waals surface area contributed by atoms with E-state index in [-0.39, 0.29) is 0 Å². The van der Waals surface area contributed by atoms with Crippen molar-refractivity contribution in [1.82, 2.24) is 4.90 Å². The van der Waals surface area contributed by atoms with Crippen LogP contribution in [0.3, 0.4) is 0 Å². The molecule has 2 atom stereocenters. The lowest BCUT2D eigenvalue weighted by atomic mass is 10.1. The van der Waals surface area contributed by atoms with E-state index >= 15 is 0 Å². The molecule has 0 aliphatic heterocycles. The van der Waals surface area contributed by atoms with E-state index in [9.17, 15) is 4.79 Å². The van der Waals surface area contributed by atoms with Gasteiger partial charge in [-0.3, -0.25) is 4.79 Å². The highest BCUT2D eigenvalue weighted by Gasteiger charge is 2.41. The molecule has 2 nitrogen and oxygen atoms in total. The molecule has 2 fully saturated rings. The molecule has 1 amide bonds. The summed E-state index contributed by atoms with van der Waals surface area (Å²) >= 11 is 0. The van der Waals surface area contributed by atoms with Gasteiger partial charge >= 0.3 is 0 Å². The molecule has 19 heavy (non-hydrogen) atoms. The molecular formula is C17H29NO. The van der Waals surface area contributed by atoms with Gasteiger partial charge in [-0.1, -0.05) is 19.1 Å². The van der Waals surface area contributed by atoms with Crippen LogP contribution in [0.1, 0.15) is 59.3 Å². The van der Waals surface area contributed by atoms with Crippen molar-refractivity contribution < 1.29 is 4.79 Å². The maximum atomic E-state index is 12.2. The van der Waals surface area contributed by atoms with Gasteiger partial charge in [-0.2, -0.15) is 0 Å². The minimum Gasteiger partial charge on any atom is -0.340 e. The van der Waals surface area contributed by atoms with E-state index in [0.29, 0.717) is 17.9 Å². The number of hydrogen-bond acceptors (Lipinski definition) is 1. The van der Waals surface area contributed by atoms with Crippen molar-refractivity contribution in [2.75, 3.05) is 6.54 Å². The van der Waals surface area contributed by atoms with Crippen molar-refractivity contribution in [3.8, 4) is 0 Å². The Morgan fingerprint density at radius 1 is 1.26 bits per heavy atom. The van der Waals surface area contributed by atoms with Gasteiger partial charge in [0.1, 0.15) is 0 Å². The first-order chi connectivity index (χ1) is 9.13. The Labute approximate surface area is 118 Å². The molecule has 0 saturated heterocycles. The summed E-state index contributed by atoms with van der Waals surface area (Å²) < 4.78 is 0. The molecule has 2 saturated carbocycles. The first kappa shape index (κ1) is 14.6. The zero-order valence-corrected chi connectivity index (χ0v) is 12.8. The van der Waals surface area contributed by atoms with Crippen LogP contribution < -0.4 is 0 Å². The van der Waals surface area contributed by atoms with E-state index in [1.807, 2.05) is 0 Å². The molecule has 2 aliphatic carbocycles. The third-order valence-electron chi connectivity index (χ3n) is 4.44. The predicted octanol–water partition coefficient (Wildman–Crippen LogP) is 4.02. The van der Waals surface area contributed by atoms with Crippen molar-refractivity contribution in [2.24, 2.45) is 17.8 Å². The second-order valence-corrected chi connectivity index (χ2v) is 6.57. The summed E-state index contributed by atoms with van der Waals surface area (Å²) in [5.41, 5.74) is 0. The van der Waals surface area contributed by atoms with E-state index < -0.39 is 0 Å². The van der Waals surface area contributed by atoms with E-state index in [2.05, 4.69) is 37.8 Å². The maximum absolute atomic E-state index is 12.2. The number of hydrogen-bond donors (Lipinski definition) is 0. The molecule has 0 bridgehead atoms. The van der Waals surface area contributed by atoms with Crippen LogP contribution in [-0.4, -0.2) is 23.4 Å². The molecule has 0 radical (unpaired) electrons. The first-order valence-corrected chi connectivity index (χ1v) is 8.09. The van der Waals surface area contributed by atoms with Crippen LogP contribution in [0.4, 0.5) is 0 Å². The summed E-state index contributed by atoms with van der Waals surface area (Å²) in [6, 6.07) is 0.370. The van der Waals surface area contributed by atoms with Gasteiger partial charge in [0, 0.05) is 18.5 Å². The molecular weight excluding hydrogens is 234 g/mol. The fourth-order valence-electron chi connectivity index (χ4n) is 2.85. The fraction of sp³-hybridized carbons (Fsp3) is 0.824. The molecule has 2 heteroatoms. The standard InChI is InChI=1S/C17H29NO/c1-4-5-6-7-8-15-11-16(15)12-18(13(2)3)17(19)14-9-10-14/h5-6,13-16H,4,7-12H2,1-3H3/b6-5-/t15-,16-/m0/s1. The molecule has 0 aromatic carbocycles. The van der Waals surface area contributed by atoms with Crippen LogP contribution >= 0.6 is 0 Å². The molecule has 0 aromatic heterocycles. The zero-order valence-electron chi connectivity index (χ0n) is 12.8. The largest absolute Gasteiger partial charge is 0.340 e. The van der Waals surface area contributed by atoms with Crippen LogP contribution in [-0.2, 0) is 4.79 Å². The monoisotopic (exact) mass is 263 g/mol. The average molecular weight is 263 g/mol. The number of allylic oxidation sites excluding steroid dienone is 2. The lowest BCUT2D eigenvalue weighted by Crippen LogP contribution is -2.39. The summed E-state index contributed by atoms with van der Waals surface area (Å²) in [6.45, 7) is 7.50. The third-order valence-corrected chi connectivity index (χ3v) is 4.44. The topological polar surface area (TPSA) is 20.3 Å². The Hall–Kier alpha value is -0.790. The zero-order chi connectivity index (χ0) is 13.8. The van der Waals surface area contributed by atoms with Crippen LogP contribution in [0, 0.1) is 17.8 Å². The van der Waals surface area contributed by atoms with Crippen LogP contribution in [0.15, 0.2) is 12.2 Å². The minimum atomic E-state index is 0.368. The molecule has 0 unspecified atom stereocenters. The van der Waals surface area contributed by atoms with E-state index in [0.717, 1.165) is 37.6 Å². The van der Waals surface area contributed by atoms with Gasteiger partial charge in [-0.25, -0.2) is 0 Å². The maximum Gasteiger partial charge on any atom is 0.225 e. The van der Waals surface area contributed by atoms with E-state index in [1.165, 1.54) is 19.3 Å². The molecule has 108 valence electrons. The molecule has 2 rings (SSSR count). The second kappa shape index (κ2) is 6.58. The van der Waals surface area contributed by atoms with Gasteiger partial charge in [0.15, 0.2) is 0 Å². The highest BCUT2D eigenvalue weighted by Crippen LogP contribution is 2.43. The third kappa shape index (κ3) is 4.36. The van der Waals surface area contributed by atoms with Crippen LogP contribution in [0.5, 0.6) is 0 Å². The SMILES string of the molecule is CC/C=C\CC[C@H]1C[C@H]1CN(C(=O)C1CC1)C(C)C. The highest BCUT2D eigenvalue weighted by molar-refractivity contribution is 5.81. The first-order valence-electron chi connectivity index (χ1n) is 8.09. The van der Waals surface area contributed by atoms with Crippen molar-refractivity contribution in [1.29, 1.82) is 0 Å². The Morgan fingerprint density at radius 3 is 2.58 bits per heavy atom. The van der Waals surface area contributed by atoms with Crippen molar-refractivity contribution in [3.63, 3.8) is 0 Å². The lowest BCUT2D eigenvalue weighted by molar-refractivity contribution is -0.134. The van der Waals surface area contributed by atoms with Gasteiger partial charge in [0.2, 0.25) is 5.91 Å². The van der Waals surface area contributed by atoms with Crippen LogP contribution in [0.25, 0.3) is 0 Å². The average Bonchev–Trinajstić information content (AvgIpc) is 3.25. The Kier molecular flexibility index (Phi) is 5.06. The highest BCUT2D eigenvalue weighted by atomic mass is 16.2. The Morgan fingerprint density at radius 2 is 2.00 bits per heavy atom. The van der Waals surface area contributed by atoms with Gasteiger partial charge in [-0.05, 0) is 64.2 Å². The summed E-state index contributed by atoms with van der Waals surface area (Å²) in [5, 5.41) is 0. The summed E-state index contributed by atoms with van der Waals surface area (Å²) in [4.78, 5) is 14.4. The molecule has 0 heterocycles. The summed E-state index contributed by atoms with van der Waals surface area (Å²) in [5.74, 6) is 2.44. The molecule has 0 spiro atoms. The Bertz CT molecular complexity index is 330.